The lowest BCUT2D eigenvalue weighted by Crippen LogP contribution is -2.29. The van der Waals surface area contributed by atoms with Gasteiger partial charge in [0.2, 0.25) is 0 Å². The van der Waals surface area contributed by atoms with Crippen molar-refractivity contribution in [1.29, 1.82) is 0 Å². The Bertz CT molecular complexity index is 1780. The van der Waals surface area contributed by atoms with Crippen LogP contribution >= 0.6 is 11.3 Å². The summed E-state index contributed by atoms with van der Waals surface area (Å²) >= 11 is 1.27. The van der Waals surface area contributed by atoms with Gasteiger partial charge in [-0.3, -0.25) is 14.5 Å². The third kappa shape index (κ3) is 5.34. The number of aliphatic hydroxyl groups excluding tert-OH is 1. The number of carbonyl (C=O) groups is 2. The van der Waals surface area contributed by atoms with Gasteiger partial charge in [0, 0.05) is 12.0 Å². The lowest BCUT2D eigenvalue weighted by Gasteiger charge is -2.24. The Morgan fingerprint density at radius 1 is 1.07 bits per heavy atom. The zero-order valence-electron chi connectivity index (χ0n) is 25.1. The Kier molecular flexibility index (Phi) is 8.18. The minimum absolute atomic E-state index is 0.0145. The zero-order chi connectivity index (χ0) is 31.0. The highest BCUT2D eigenvalue weighted by molar-refractivity contribution is 7.22. The van der Waals surface area contributed by atoms with E-state index in [2.05, 4.69) is 6.92 Å². The summed E-state index contributed by atoms with van der Waals surface area (Å²) in [6.45, 7) is 6.87. The monoisotopic (exact) mass is 614 g/mol. The van der Waals surface area contributed by atoms with Crippen molar-refractivity contribution in [3.63, 3.8) is 0 Å². The van der Waals surface area contributed by atoms with E-state index in [0.29, 0.717) is 58.7 Å². The molecule has 0 bridgehead atoms. The molecule has 1 fully saturated rings. The van der Waals surface area contributed by atoms with Crippen LogP contribution in [0.15, 0.2) is 60.2 Å². The molecule has 2 aliphatic heterocycles. The van der Waals surface area contributed by atoms with Gasteiger partial charge in [0.25, 0.3) is 5.78 Å². The average Bonchev–Trinajstić information content (AvgIpc) is 3.69. The maximum atomic E-state index is 13.8. The van der Waals surface area contributed by atoms with Gasteiger partial charge in [-0.1, -0.05) is 30.7 Å². The van der Waals surface area contributed by atoms with Crippen molar-refractivity contribution in [3.05, 3.63) is 76.9 Å². The molecule has 0 aliphatic carbocycles. The molecular weight excluding hydrogens is 580 g/mol. The molecule has 9 nitrogen and oxygen atoms in total. The molecule has 1 amide bonds. The summed E-state index contributed by atoms with van der Waals surface area (Å²) < 4.78 is 23.9. The number of hydrogen-bond acceptors (Lipinski definition) is 9. The predicted molar refractivity (Wildman–Crippen MR) is 169 cm³/mol. The number of unbranched alkanes of at least 4 members (excludes halogenated alkanes) is 1. The minimum Gasteiger partial charge on any atom is -0.507 e. The van der Waals surface area contributed by atoms with Crippen LogP contribution in [0.1, 0.15) is 56.3 Å². The second-order valence-electron chi connectivity index (χ2n) is 10.8. The minimum atomic E-state index is -0.968. The SMILES string of the molecule is CCCCOc1ccc([C@H]2/C(=C(\O)c3ccc4c(c3)C[C@@H](C)O4)C(=O)C(=O)N2c2nc3ccc(OC)cc3s2)cc1OCC. The number of thiazole rings is 1. The molecule has 0 saturated carbocycles. The average molecular weight is 615 g/mol. The molecule has 4 aromatic rings. The molecule has 228 valence electrons. The van der Waals surface area contributed by atoms with Crippen molar-refractivity contribution in [2.24, 2.45) is 0 Å². The van der Waals surface area contributed by atoms with E-state index >= 15 is 0 Å². The van der Waals surface area contributed by atoms with Gasteiger partial charge >= 0.3 is 5.91 Å². The number of aromatic nitrogens is 1. The fourth-order valence-corrected chi connectivity index (χ4v) is 6.62. The van der Waals surface area contributed by atoms with Gasteiger partial charge in [0.15, 0.2) is 16.6 Å². The summed E-state index contributed by atoms with van der Waals surface area (Å²) in [6, 6.07) is 15.1. The Labute approximate surface area is 259 Å². The van der Waals surface area contributed by atoms with Crippen molar-refractivity contribution in [3.8, 4) is 23.0 Å². The third-order valence-electron chi connectivity index (χ3n) is 7.74. The number of rotatable bonds is 10. The van der Waals surface area contributed by atoms with Crippen LogP contribution < -0.4 is 23.8 Å². The fourth-order valence-electron chi connectivity index (χ4n) is 5.60. The van der Waals surface area contributed by atoms with Gasteiger partial charge in [-0.2, -0.15) is 0 Å². The molecule has 2 aliphatic rings. The Morgan fingerprint density at radius 2 is 1.91 bits per heavy atom. The van der Waals surface area contributed by atoms with Crippen LogP contribution in [-0.2, 0) is 16.0 Å². The molecule has 0 radical (unpaired) electrons. The number of benzene rings is 3. The molecule has 1 saturated heterocycles. The van der Waals surface area contributed by atoms with Gasteiger partial charge in [0.05, 0.1) is 42.2 Å². The van der Waals surface area contributed by atoms with Gasteiger partial charge in [-0.05, 0) is 79.9 Å². The van der Waals surface area contributed by atoms with Crippen molar-refractivity contribution in [1.82, 2.24) is 4.98 Å². The highest BCUT2D eigenvalue weighted by atomic mass is 32.1. The summed E-state index contributed by atoms with van der Waals surface area (Å²) in [4.78, 5) is 33.7. The standard InChI is InChI=1S/C34H34N2O7S/c1-5-7-14-42-26-13-8-20(17-27(26)41-6-2)30-29(31(37)21-9-12-25-22(16-21)15-19(3)43-25)32(38)33(39)36(30)34-35-24-11-10-23(40-4)18-28(24)44-34/h8-13,16-19,30,37H,5-7,14-15H2,1-4H3/b31-29+/t19-,30+/m1/s1. The molecule has 2 atom stereocenters. The first-order valence-electron chi connectivity index (χ1n) is 14.8. The van der Waals surface area contributed by atoms with Crippen LogP contribution in [0.25, 0.3) is 16.0 Å². The van der Waals surface area contributed by atoms with E-state index < -0.39 is 17.7 Å². The molecular formula is C34H34N2O7S. The molecule has 1 N–H and O–H groups in total. The molecule has 0 spiro atoms. The number of Topliss-reactive ketones (excluding diaryl/α,β-unsaturated/α-hetero) is 1. The lowest BCUT2D eigenvalue weighted by molar-refractivity contribution is -0.132. The Balaban J connectivity index is 1.51. The topological polar surface area (TPSA) is 107 Å². The van der Waals surface area contributed by atoms with Crippen LogP contribution in [0.4, 0.5) is 5.13 Å². The smallest absolute Gasteiger partial charge is 0.301 e. The van der Waals surface area contributed by atoms with E-state index in [1.807, 2.05) is 32.0 Å². The first kappa shape index (κ1) is 29.5. The highest BCUT2D eigenvalue weighted by Gasteiger charge is 2.48. The van der Waals surface area contributed by atoms with Crippen molar-refractivity contribution in [2.75, 3.05) is 25.2 Å². The number of aliphatic hydroxyl groups is 1. The lowest BCUT2D eigenvalue weighted by atomic mass is 9.94. The molecule has 0 unspecified atom stereocenters. The van der Waals surface area contributed by atoms with Crippen LogP contribution in [0.5, 0.6) is 23.0 Å². The molecule has 10 heteroatoms. The van der Waals surface area contributed by atoms with Crippen molar-refractivity contribution in [2.45, 2.75) is 52.2 Å². The number of methoxy groups -OCH3 is 1. The van der Waals surface area contributed by atoms with E-state index in [9.17, 15) is 14.7 Å². The largest absolute Gasteiger partial charge is 0.507 e. The van der Waals surface area contributed by atoms with E-state index in [-0.39, 0.29) is 17.4 Å². The molecule has 3 aromatic carbocycles. The van der Waals surface area contributed by atoms with Crippen LogP contribution in [-0.4, -0.2) is 48.2 Å². The number of hydrogen-bond donors (Lipinski definition) is 1. The maximum absolute atomic E-state index is 13.8. The molecule has 6 rings (SSSR count). The summed E-state index contributed by atoms with van der Waals surface area (Å²) in [5.41, 5.74) is 2.57. The normalized spacial score (nSPS) is 18.9. The van der Waals surface area contributed by atoms with Crippen molar-refractivity contribution < 1.29 is 33.6 Å². The van der Waals surface area contributed by atoms with E-state index in [4.69, 9.17) is 23.9 Å². The quantitative estimate of drug-likeness (QED) is 0.0896. The molecule has 3 heterocycles. The number of fused-ring (bicyclic) bond motifs is 2. The summed E-state index contributed by atoms with van der Waals surface area (Å²) in [6.07, 6.45) is 2.57. The summed E-state index contributed by atoms with van der Waals surface area (Å²) in [7, 11) is 1.58. The number of nitrogens with zero attached hydrogens (tertiary/aromatic N) is 2. The molecule has 44 heavy (non-hydrogen) atoms. The van der Waals surface area contributed by atoms with Crippen LogP contribution in [0, 0.1) is 0 Å². The Morgan fingerprint density at radius 3 is 2.68 bits per heavy atom. The number of amides is 1. The third-order valence-corrected chi connectivity index (χ3v) is 8.76. The second-order valence-corrected chi connectivity index (χ2v) is 11.8. The summed E-state index contributed by atoms with van der Waals surface area (Å²) in [5.74, 6) is 0.627. The highest BCUT2D eigenvalue weighted by Crippen LogP contribution is 2.46. The number of carbonyl (C=O) groups excluding carboxylic acids is 2. The second kappa shape index (κ2) is 12.2. The number of ether oxygens (including phenoxy) is 4. The van der Waals surface area contributed by atoms with Gasteiger partial charge in [-0.15, -0.1) is 0 Å². The van der Waals surface area contributed by atoms with E-state index in [0.717, 1.165) is 28.9 Å². The summed E-state index contributed by atoms with van der Waals surface area (Å²) in [5, 5.41) is 12.1. The number of anilines is 1. The van der Waals surface area contributed by atoms with Gasteiger partial charge < -0.3 is 24.1 Å². The van der Waals surface area contributed by atoms with E-state index in [1.54, 1.807) is 43.5 Å². The Hall–Kier alpha value is -4.57. The van der Waals surface area contributed by atoms with Crippen LogP contribution in [0.2, 0.25) is 0 Å². The zero-order valence-corrected chi connectivity index (χ0v) is 25.9. The first-order valence-corrected chi connectivity index (χ1v) is 15.6. The van der Waals surface area contributed by atoms with Gasteiger partial charge in [0.1, 0.15) is 23.4 Å². The molecule has 1 aromatic heterocycles. The van der Waals surface area contributed by atoms with Crippen molar-refractivity contribution >= 4 is 44.1 Å². The van der Waals surface area contributed by atoms with Crippen LogP contribution in [0.3, 0.4) is 0 Å². The van der Waals surface area contributed by atoms with Gasteiger partial charge in [-0.25, -0.2) is 4.98 Å². The fraction of sp³-hybridized carbons (Fsp3) is 0.324. The maximum Gasteiger partial charge on any atom is 0.301 e. The predicted octanol–water partition coefficient (Wildman–Crippen LogP) is 6.83. The first-order chi connectivity index (χ1) is 21.3. The van der Waals surface area contributed by atoms with E-state index in [1.165, 1.54) is 16.2 Å². The number of ketones is 1.